The Bertz CT molecular complexity index is 1100. The Labute approximate surface area is 165 Å². The van der Waals surface area contributed by atoms with Crippen LogP contribution in [0.15, 0.2) is 126 Å². The van der Waals surface area contributed by atoms with Gasteiger partial charge in [0.2, 0.25) is 0 Å². The number of benzene rings is 3. The molecule has 0 aliphatic heterocycles. The molecule has 0 unspecified atom stereocenters. The molecular weight excluding hydrogens is 342 g/mol. The lowest BCUT2D eigenvalue weighted by molar-refractivity contribution is 0.631. The second-order valence-corrected chi connectivity index (χ2v) is 6.40. The average molecular weight is 363 g/mol. The van der Waals surface area contributed by atoms with E-state index in [-0.39, 0.29) is 0 Å². The van der Waals surface area contributed by atoms with Crippen molar-refractivity contribution in [2.45, 2.75) is 0 Å². The SMILES string of the molecule is C=C/C=C(\C=C)N(c1ccccc1)c1ccc(-c2cc3ccccc3o2)cc1. The smallest absolute Gasteiger partial charge is 0.135 e. The molecule has 1 heterocycles. The molecule has 0 bridgehead atoms. The van der Waals surface area contributed by atoms with Crippen LogP contribution in [0.5, 0.6) is 0 Å². The zero-order chi connectivity index (χ0) is 19.3. The summed E-state index contributed by atoms with van der Waals surface area (Å²) >= 11 is 0. The highest BCUT2D eigenvalue weighted by atomic mass is 16.3. The molecule has 4 rings (SSSR count). The summed E-state index contributed by atoms with van der Waals surface area (Å²) in [5.41, 5.74) is 5.00. The molecule has 4 aromatic rings. The number of hydrogen-bond acceptors (Lipinski definition) is 2. The molecule has 2 nitrogen and oxygen atoms in total. The van der Waals surface area contributed by atoms with E-state index in [4.69, 9.17) is 4.42 Å². The van der Waals surface area contributed by atoms with Gasteiger partial charge in [0.15, 0.2) is 0 Å². The number of nitrogens with zero attached hydrogens (tertiary/aromatic N) is 1. The van der Waals surface area contributed by atoms with E-state index >= 15 is 0 Å². The van der Waals surface area contributed by atoms with Crippen LogP contribution in [0.4, 0.5) is 11.4 Å². The molecule has 1 aromatic heterocycles. The Hall–Kier alpha value is -3.78. The number of para-hydroxylation sites is 2. The van der Waals surface area contributed by atoms with Crippen molar-refractivity contribution >= 4 is 22.3 Å². The minimum absolute atomic E-state index is 0.865. The summed E-state index contributed by atoms with van der Waals surface area (Å²) in [5, 5.41) is 1.11. The minimum Gasteiger partial charge on any atom is -0.456 e. The summed E-state index contributed by atoms with van der Waals surface area (Å²) in [6.45, 7) is 7.80. The van der Waals surface area contributed by atoms with Gasteiger partial charge in [-0.2, -0.15) is 0 Å². The first-order valence-corrected chi connectivity index (χ1v) is 9.19. The highest BCUT2D eigenvalue weighted by Gasteiger charge is 2.13. The Balaban J connectivity index is 1.74. The summed E-state index contributed by atoms with van der Waals surface area (Å²) in [4.78, 5) is 2.15. The van der Waals surface area contributed by atoms with E-state index in [9.17, 15) is 0 Å². The molecule has 3 aromatic carbocycles. The number of hydrogen-bond donors (Lipinski definition) is 0. The molecule has 0 N–H and O–H groups in total. The van der Waals surface area contributed by atoms with Crippen molar-refractivity contribution in [1.29, 1.82) is 0 Å². The molecule has 0 aliphatic rings. The van der Waals surface area contributed by atoms with Crippen molar-refractivity contribution in [2.24, 2.45) is 0 Å². The molecule has 136 valence electrons. The van der Waals surface area contributed by atoms with E-state index in [1.54, 1.807) is 6.08 Å². The molecule has 0 aliphatic carbocycles. The minimum atomic E-state index is 0.865. The lowest BCUT2D eigenvalue weighted by atomic mass is 10.1. The molecular formula is C26H21NO. The van der Waals surface area contributed by atoms with Crippen molar-refractivity contribution in [1.82, 2.24) is 0 Å². The van der Waals surface area contributed by atoms with E-state index in [0.29, 0.717) is 0 Å². The molecule has 28 heavy (non-hydrogen) atoms. The number of furan rings is 1. The fraction of sp³-hybridized carbons (Fsp3) is 0. The first kappa shape index (κ1) is 17.6. The van der Waals surface area contributed by atoms with E-state index < -0.39 is 0 Å². The summed E-state index contributed by atoms with van der Waals surface area (Å²) in [5.74, 6) is 0.865. The summed E-state index contributed by atoms with van der Waals surface area (Å²) in [6, 6.07) is 28.7. The molecule has 0 saturated carbocycles. The van der Waals surface area contributed by atoms with Gasteiger partial charge in [0, 0.05) is 28.0 Å². The topological polar surface area (TPSA) is 16.4 Å². The highest BCUT2D eigenvalue weighted by Crippen LogP contribution is 2.33. The molecule has 2 heteroatoms. The predicted octanol–water partition coefficient (Wildman–Crippen LogP) is 7.49. The van der Waals surface area contributed by atoms with Gasteiger partial charge in [-0.15, -0.1) is 0 Å². The zero-order valence-corrected chi connectivity index (χ0v) is 15.6. The fourth-order valence-electron chi connectivity index (χ4n) is 3.28. The summed E-state index contributed by atoms with van der Waals surface area (Å²) in [7, 11) is 0. The van der Waals surface area contributed by atoms with Crippen molar-refractivity contribution in [2.75, 3.05) is 4.90 Å². The zero-order valence-electron chi connectivity index (χ0n) is 15.6. The molecule has 0 atom stereocenters. The van der Waals surface area contributed by atoms with E-state index in [1.165, 1.54) is 0 Å². The molecule has 0 amide bonds. The quantitative estimate of drug-likeness (QED) is 0.330. The van der Waals surface area contributed by atoms with E-state index in [0.717, 1.165) is 39.4 Å². The molecule has 0 radical (unpaired) electrons. The van der Waals surface area contributed by atoms with Gasteiger partial charge in [-0.3, -0.25) is 0 Å². The summed E-state index contributed by atoms with van der Waals surface area (Å²) in [6.07, 6.45) is 5.56. The van der Waals surface area contributed by atoms with Crippen molar-refractivity contribution in [3.63, 3.8) is 0 Å². The van der Waals surface area contributed by atoms with Crippen LogP contribution in [0.2, 0.25) is 0 Å². The van der Waals surface area contributed by atoms with Crippen LogP contribution in [0.25, 0.3) is 22.3 Å². The maximum absolute atomic E-state index is 5.99. The van der Waals surface area contributed by atoms with Crippen LogP contribution in [-0.2, 0) is 0 Å². The van der Waals surface area contributed by atoms with Crippen LogP contribution < -0.4 is 4.90 Å². The van der Waals surface area contributed by atoms with Crippen LogP contribution >= 0.6 is 0 Å². The normalized spacial score (nSPS) is 11.4. The van der Waals surface area contributed by atoms with Gasteiger partial charge in [-0.1, -0.05) is 55.6 Å². The molecule has 0 fully saturated rings. The Morgan fingerprint density at radius 2 is 1.46 bits per heavy atom. The van der Waals surface area contributed by atoms with Crippen LogP contribution in [0.3, 0.4) is 0 Å². The van der Waals surface area contributed by atoms with Crippen molar-refractivity contribution in [3.05, 3.63) is 122 Å². The second kappa shape index (κ2) is 7.85. The molecule has 0 saturated heterocycles. The van der Waals surface area contributed by atoms with E-state index in [1.807, 2.05) is 48.6 Å². The third-order valence-electron chi connectivity index (χ3n) is 4.61. The van der Waals surface area contributed by atoms with Crippen molar-refractivity contribution < 1.29 is 4.42 Å². The van der Waals surface area contributed by atoms with Gasteiger partial charge >= 0.3 is 0 Å². The Morgan fingerprint density at radius 1 is 0.786 bits per heavy atom. The summed E-state index contributed by atoms with van der Waals surface area (Å²) < 4.78 is 5.99. The number of anilines is 2. The van der Waals surface area contributed by atoms with Gasteiger partial charge in [0.1, 0.15) is 11.3 Å². The maximum Gasteiger partial charge on any atom is 0.135 e. The maximum atomic E-state index is 5.99. The van der Waals surface area contributed by atoms with Crippen molar-refractivity contribution in [3.8, 4) is 11.3 Å². The average Bonchev–Trinajstić information content (AvgIpc) is 3.19. The van der Waals surface area contributed by atoms with Gasteiger partial charge in [0.05, 0.1) is 0 Å². The first-order chi connectivity index (χ1) is 13.8. The van der Waals surface area contributed by atoms with Gasteiger partial charge in [-0.25, -0.2) is 0 Å². The van der Waals surface area contributed by atoms with Gasteiger partial charge in [0.25, 0.3) is 0 Å². The van der Waals surface area contributed by atoms with Crippen LogP contribution in [0.1, 0.15) is 0 Å². The highest BCUT2D eigenvalue weighted by molar-refractivity contribution is 5.83. The molecule has 0 spiro atoms. The van der Waals surface area contributed by atoms with Gasteiger partial charge < -0.3 is 9.32 Å². The fourth-order valence-corrected chi connectivity index (χ4v) is 3.28. The Kier molecular flexibility index (Phi) is 4.94. The number of fused-ring (bicyclic) bond motifs is 1. The lowest BCUT2D eigenvalue weighted by Crippen LogP contribution is -2.14. The monoisotopic (exact) mass is 363 g/mol. The third-order valence-corrected chi connectivity index (χ3v) is 4.61. The standard InChI is InChI=1S/C26H21NO/c1-3-10-22(4-2)27(23-12-6-5-7-13-23)24-17-15-20(16-18-24)26-19-21-11-8-9-14-25(21)28-26/h3-19H,1-2H2/b22-10+. The van der Waals surface area contributed by atoms with E-state index in [2.05, 4.69) is 66.6 Å². The Morgan fingerprint density at radius 3 is 2.14 bits per heavy atom. The predicted molar refractivity (Wildman–Crippen MR) is 119 cm³/mol. The lowest BCUT2D eigenvalue weighted by Gasteiger charge is -2.26. The number of allylic oxidation sites excluding steroid dienone is 3. The largest absolute Gasteiger partial charge is 0.456 e. The third kappa shape index (κ3) is 3.40. The number of rotatable bonds is 6. The second-order valence-electron chi connectivity index (χ2n) is 6.40. The first-order valence-electron chi connectivity index (χ1n) is 9.19. The van der Waals surface area contributed by atoms with Crippen LogP contribution in [-0.4, -0.2) is 0 Å². The van der Waals surface area contributed by atoms with Gasteiger partial charge in [-0.05, 0) is 60.7 Å². The van der Waals surface area contributed by atoms with Crippen LogP contribution in [0, 0.1) is 0 Å².